The highest BCUT2D eigenvalue weighted by Crippen LogP contribution is 2.48. The van der Waals surface area contributed by atoms with Gasteiger partial charge in [-0.15, -0.1) is 0 Å². The second-order valence-electron chi connectivity index (χ2n) is 7.32. The first-order chi connectivity index (χ1) is 13.6. The molecular weight excluding hydrogens is 376 g/mol. The van der Waals surface area contributed by atoms with Gasteiger partial charge in [0, 0.05) is 37.1 Å². The van der Waals surface area contributed by atoms with Gasteiger partial charge in [-0.05, 0) is 36.1 Å². The van der Waals surface area contributed by atoms with Gasteiger partial charge in [-0.25, -0.2) is 0 Å². The van der Waals surface area contributed by atoms with Crippen LogP contribution in [0.3, 0.4) is 0 Å². The second kappa shape index (κ2) is 7.84. The molecule has 2 unspecified atom stereocenters. The van der Waals surface area contributed by atoms with Crippen LogP contribution in [0.1, 0.15) is 28.3 Å². The summed E-state index contributed by atoms with van der Waals surface area (Å²) in [5.74, 6) is 1.03. The maximum absolute atomic E-state index is 12.9. The zero-order valence-corrected chi connectivity index (χ0v) is 16.6. The molecule has 5 nitrogen and oxygen atoms in total. The Hall–Kier alpha value is -2.53. The van der Waals surface area contributed by atoms with Gasteiger partial charge in [0.25, 0.3) is 5.91 Å². The average molecular weight is 399 g/mol. The predicted octanol–water partition coefficient (Wildman–Crippen LogP) is 3.44. The van der Waals surface area contributed by atoms with E-state index in [1.807, 2.05) is 23.1 Å². The van der Waals surface area contributed by atoms with Gasteiger partial charge in [-0.3, -0.25) is 9.59 Å². The molecule has 0 bridgehead atoms. The van der Waals surface area contributed by atoms with Crippen molar-refractivity contribution in [1.29, 1.82) is 0 Å². The summed E-state index contributed by atoms with van der Waals surface area (Å²) in [6, 6.07) is 15.2. The van der Waals surface area contributed by atoms with Gasteiger partial charge in [0.05, 0.1) is 12.7 Å². The molecular formula is C22H23ClN2O3. The van der Waals surface area contributed by atoms with Crippen molar-refractivity contribution < 1.29 is 14.3 Å². The molecule has 28 heavy (non-hydrogen) atoms. The standard InChI is InChI=1S/C22H23ClN2O3/c1-28-20-8-7-16(23)13-19(20)22(27)25-11-9-24(10-12-25)21(26)18-14-17(18)15-5-3-2-4-6-15/h2-8,13,17-18H,9-12,14H2,1H3. The Bertz CT molecular complexity index is 879. The van der Waals surface area contributed by atoms with Crippen molar-refractivity contribution in [2.45, 2.75) is 12.3 Å². The van der Waals surface area contributed by atoms with Gasteiger partial charge in [-0.1, -0.05) is 41.9 Å². The van der Waals surface area contributed by atoms with E-state index >= 15 is 0 Å². The lowest BCUT2D eigenvalue weighted by Gasteiger charge is -2.35. The van der Waals surface area contributed by atoms with Gasteiger partial charge in [0.1, 0.15) is 5.75 Å². The monoisotopic (exact) mass is 398 g/mol. The third-order valence-corrected chi connectivity index (χ3v) is 5.84. The number of benzene rings is 2. The van der Waals surface area contributed by atoms with Crippen LogP contribution in [-0.4, -0.2) is 54.9 Å². The molecule has 4 rings (SSSR count). The number of methoxy groups -OCH3 is 1. The normalized spacial score (nSPS) is 21.4. The summed E-state index contributed by atoms with van der Waals surface area (Å²) < 4.78 is 5.29. The number of hydrogen-bond acceptors (Lipinski definition) is 3. The molecule has 1 saturated heterocycles. The van der Waals surface area contributed by atoms with E-state index in [4.69, 9.17) is 16.3 Å². The van der Waals surface area contributed by atoms with Gasteiger partial charge < -0.3 is 14.5 Å². The lowest BCUT2D eigenvalue weighted by molar-refractivity contribution is -0.134. The van der Waals surface area contributed by atoms with Crippen molar-refractivity contribution in [3.8, 4) is 5.75 Å². The fourth-order valence-electron chi connectivity index (χ4n) is 3.92. The number of ether oxygens (including phenoxy) is 1. The van der Waals surface area contributed by atoms with Crippen molar-refractivity contribution in [2.75, 3.05) is 33.3 Å². The van der Waals surface area contributed by atoms with Crippen LogP contribution in [0.25, 0.3) is 0 Å². The summed E-state index contributed by atoms with van der Waals surface area (Å²) in [6.07, 6.45) is 0.918. The SMILES string of the molecule is COc1ccc(Cl)cc1C(=O)N1CCN(C(=O)C2CC2c2ccccc2)CC1. The Morgan fingerprint density at radius 2 is 1.68 bits per heavy atom. The number of halogens is 1. The molecule has 2 aromatic carbocycles. The summed E-state index contributed by atoms with van der Waals surface area (Å²) in [5, 5.41) is 0.499. The highest BCUT2D eigenvalue weighted by molar-refractivity contribution is 6.31. The number of nitrogens with zero attached hydrogens (tertiary/aromatic N) is 2. The van der Waals surface area contributed by atoms with Crippen LogP contribution >= 0.6 is 11.6 Å². The minimum absolute atomic E-state index is 0.0812. The number of rotatable bonds is 4. The van der Waals surface area contributed by atoms with Crippen molar-refractivity contribution in [1.82, 2.24) is 9.80 Å². The molecule has 1 aliphatic heterocycles. The molecule has 2 atom stereocenters. The number of amides is 2. The molecule has 2 aromatic rings. The summed E-state index contributed by atoms with van der Waals surface area (Å²) in [6.45, 7) is 2.16. The molecule has 6 heteroatoms. The fraction of sp³-hybridized carbons (Fsp3) is 0.364. The third-order valence-electron chi connectivity index (χ3n) is 5.61. The van der Waals surface area contributed by atoms with Crippen molar-refractivity contribution in [3.05, 3.63) is 64.7 Å². The molecule has 0 spiro atoms. The van der Waals surface area contributed by atoms with Crippen LogP contribution in [0.4, 0.5) is 0 Å². The lowest BCUT2D eigenvalue weighted by atomic mass is 10.1. The molecule has 0 radical (unpaired) electrons. The Balaban J connectivity index is 1.36. The van der Waals surface area contributed by atoms with Crippen LogP contribution in [0.5, 0.6) is 5.75 Å². The van der Waals surface area contributed by atoms with Crippen molar-refractivity contribution in [2.24, 2.45) is 5.92 Å². The Kier molecular flexibility index (Phi) is 5.27. The van der Waals surface area contributed by atoms with Crippen LogP contribution in [-0.2, 0) is 4.79 Å². The van der Waals surface area contributed by atoms with Crippen LogP contribution < -0.4 is 4.74 Å². The first-order valence-corrected chi connectivity index (χ1v) is 9.93. The number of carbonyl (C=O) groups excluding carboxylic acids is 2. The molecule has 2 aliphatic rings. The molecule has 1 heterocycles. The Morgan fingerprint density at radius 1 is 1.00 bits per heavy atom. The first kappa shape index (κ1) is 18.8. The smallest absolute Gasteiger partial charge is 0.257 e. The van der Waals surface area contributed by atoms with Gasteiger partial charge in [0.15, 0.2) is 0 Å². The van der Waals surface area contributed by atoms with Crippen LogP contribution in [0.2, 0.25) is 5.02 Å². The van der Waals surface area contributed by atoms with Crippen LogP contribution in [0, 0.1) is 5.92 Å². The largest absolute Gasteiger partial charge is 0.496 e. The van der Waals surface area contributed by atoms with E-state index < -0.39 is 0 Å². The van der Waals surface area contributed by atoms with E-state index in [-0.39, 0.29) is 17.7 Å². The number of hydrogen-bond donors (Lipinski definition) is 0. The molecule has 0 N–H and O–H groups in total. The highest BCUT2D eigenvalue weighted by Gasteiger charge is 2.46. The van der Waals surface area contributed by atoms with Crippen molar-refractivity contribution >= 4 is 23.4 Å². The molecule has 1 aliphatic carbocycles. The van der Waals surface area contributed by atoms with E-state index in [0.717, 1.165) is 6.42 Å². The second-order valence-corrected chi connectivity index (χ2v) is 7.76. The molecule has 2 fully saturated rings. The lowest BCUT2D eigenvalue weighted by Crippen LogP contribution is -2.51. The van der Waals surface area contributed by atoms with Crippen molar-refractivity contribution in [3.63, 3.8) is 0 Å². The number of piperazine rings is 1. The molecule has 2 amide bonds. The van der Waals surface area contributed by atoms with E-state index in [0.29, 0.717) is 48.4 Å². The van der Waals surface area contributed by atoms with Crippen LogP contribution in [0.15, 0.2) is 48.5 Å². The van der Waals surface area contributed by atoms with E-state index in [2.05, 4.69) is 12.1 Å². The third kappa shape index (κ3) is 3.72. The molecule has 1 saturated carbocycles. The maximum Gasteiger partial charge on any atom is 0.257 e. The van der Waals surface area contributed by atoms with E-state index in [1.165, 1.54) is 12.7 Å². The quantitative estimate of drug-likeness (QED) is 0.792. The zero-order chi connectivity index (χ0) is 19.7. The van der Waals surface area contributed by atoms with Gasteiger partial charge in [-0.2, -0.15) is 0 Å². The highest BCUT2D eigenvalue weighted by atomic mass is 35.5. The topological polar surface area (TPSA) is 49.9 Å². The average Bonchev–Trinajstić information content (AvgIpc) is 3.54. The minimum atomic E-state index is -0.111. The van der Waals surface area contributed by atoms with E-state index in [9.17, 15) is 9.59 Å². The minimum Gasteiger partial charge on any atom is -0.496 e. The maximum atomic E-state index is 12.9. The molecule has 0 aromatic heterocycles. The predicted molar refractivity (Wildman–Crippen MR) is 108 cm³/mol. The Morgan fingerprint density at radius 3 is 2.36 bits per heavy atom. The Labute approximate surface area is 169 Å². The molecule has 146 valence electrons. The fourth-order valence-corrected chi connectivity index (χ4v) is 4.09. The summed E-state index contributed by atoms with van der Waals surface area (Å²) in [5.41, 5.74) is 1.70. The van der Waals surface area contributed by atoms with E-state index in [1.54, 1.807) is 23.1 Å². The summed E-state index contributed by atoms with van der Waals surface area (Å²) in [4.78, 5) is 29.4. The van der Waals surface area contributed by atoms with Gasteiger partial charge in [0.2, 0.25) is 5.91 Å². The number of carbonyl (C=O) groups is 2. The summed E-state index contributed by atoms with van der Waals surface area (Å²) >= 11 is 6.05. The van der Waals surface area contributed by atoms with Gasteiger partial charge >= 0.3 is 0 Å². The first-order valence-electron chi connectivity index (χ1n) is 9.55. The zero-order valence-electron chi connectivity index (χ0n) is 15.8. The summed E-state index contributed by atoms with van der Waals surface area (Å²) in [7, 11) is 1.54.